The summed E-state index contributed by atoms with van der Waals surface area (Å²) < 4.78 is 2.36. The van der Waals surface area contributed by atoms with Crippen LogP contribution in [-0.2, 0) is 38.1 Å². The van der Waals surface area contributed by atoms with Gasteiger partial charge in [0.2, 0.25) is 0 Å². The Morgan fingerprint density at radius 2 is 2.04 bits per heavy atom. The van der Waals surface area contributed by atoms with Crippen LogP contribution < -0.4 is 0 Å². The van der Waals surface area contributed by atoms with Crippen LogP contribution in [0.5, 0.6) is 0 Å². The Morgan fingerprint density at radius 3 is 2.78 bits per heavy atom. The number of aromatic nitrogens is 2. The van der Waals surface area contributed by atoms with Gasteiger partial charge < -0.3 is 9.47 Å². The third kappa shape index (κ3) is 3.75. The van der Waals surface area contributed by atoms with Crippen LogP contribution in [0.2, 0.25) is 0 Å². The molecule has 0 bridgehead atoms. The molecule has 0 spiro atoms. The van der Waals surface area contributed by atoms with E-state index in [-0.39, 0.29) is 24.6 Å². The maximum absolute atomic E-state index is 9.08. The quantitative estimate of drug-likeness (QED) is 0.372. The molecule has 0 fully saturated rings. The van der Waals surface area contributed by atoms with Gasteiger partial charge in [0.25, 0.3) is 0 Å². The van der Waals surface area contributed by atoms with Crippen molar-refractivity contribution in [1.29, 1.82) is 0 Å². The molecule has 1 unspecified atom stereocenters. The summed E-state index contributed by atoms with van der Waals surface area (Å²) in [5, 5.41) is 5.40. The number of nitrogens with zero attached hydrogens (tertiary/aromatic N) is 6. The minimum absolute atomic E-state index is 0. The molecule has 1 atom stereocenters. The van der Waals surface area contributed by atoms with Crippen LogP contribution in [0.15, 0.2) is 47.8 Å². The first-order valence-electron chi connectivity index (χ1n) is 8.90. The fraction of sp³-hybridized carbons (Fsp3) is 0.350. The summed E-state index contributed by atoms with van der Waals surface area (Å²) in [4.78, 5) is 9.53. The summed E-state index contributed by atoms with van der Waals surface area (Å²) in [6.45, 7) is 4.79. The van der Waals surface area contributed by atoms with Crippen molar-refractivity contribution in [3.8, 4) is 0 Å². The number of aryl methyl sites for hydroxylation is 1. The van der Waals surface area contributed by atoms with Crippen molar-refractivity contribution in [3.05, 3.63) is 75.6 Å². The number of hydrogen-bond acceptors (Lipinski definition) is 3. The van der Waals surface area contributed by atoms with E-state index in [9.17, 15) is 0 Å². The molecule has 137 valence electrons. The normalized spacial score (nSPS) is 14.9. The van der Waals surface area contributed by atoms with Gasteiger partial charge in [-0.05, 0) is 54.9 Å². The van der Waals surface area contributed by atoms with Crippen LogP contribution in [0.3, 0.4) is 0 Å². The van der Waals surface area contributed by atoms with Crippen molar-refractivity contribution in [2.24, 2.45) is 5.11 Å². The van der Waals surface area contributed by atoms with Gasteiger partial charge in [-0.25, -0.2) is 0 Å². The number of pyridine rings is 1. The minimum Gasteiger partial charge on any atom is -0.343 e. The predicted molar refractivity (Wildman–Crippen MR) is 103 cm³/mol. The predicted octanol–water partition coefficient (Wildman–Crippen LogP) is 4.38. The summed E-state index contributed by atoms with van der Waals surface area (Å²) in [5.74, 6) is 0. The Morgan fingerprint density at radius 1 is 1.26 bits per heavy atom. The first kappa shape index (κ1) is 19.5. The summed E-state index contributed by atoms with van der Waals surface area (Å²) in [5.41, 5.74) is 15.3. The van der Waals surface area contributed by atoms with E-state index < -0.39 is 0 Å². The molecular weight excluding hydrogens is 375 g/mol. The van der Waals surface area contributed by atoms with Crippen molar-refractivity contribution < 1.29 is 18.6 Å². The van der Waals surface area contributed by atoms with Crippen molar-refractivity contribution >= 4 is 10.9 Å². The average molecular weight is 397 g/mol. The number of likely N-dealkylation sites (N-methyl/N-ethyl adjacent to an activating group) is 1. The monoisotopic (exact) mass is 397 g/mol. The maximum Gasteiger partial charge on any atom is 0.0805 e. The van der Waals surface area contributed by atoms with Gasteiger partial charge in [-0.3, -0.25) is 4.98 Å². The van der Waals surface area contributed by atoms with Crippen molar-refractivity contribution in [3.63, 3.8) is 0 Å². The molecule has 0 aliphatic carbocycles. The van der Waals surface area contributed by atoms with Crippen LogP contribution in [-0.4, -0.2) is 28.0 Å². The summed E-state index contributed by atoms with van der Waals surface area (Å²) in [6, 6.07) is 10.2. The summed E-state index contributed by atoms with van der Waals surface area (Å²) in [7, 11) is 2.17. The second kappa shape index (κ2) is 8.20. The summed E-state index contributed by atoms with van der Waals surface area (Å²) >= 11 is 0. The topological polar surface area (TPSA) is 69.8 Å². The Balaban J connectivity index is 0.00000210. The zero-order valence-electron chi connectivity index (χ0n) is 15.6. The largest absolute Gasteiger partial charge is 0.343 e. The smallest absolute Gasteiger partial charge is 0.0805 e. The third-order valence-electron chi connectivity index (χ3n) is 5.24. The second-order valence-corrected chi connectivity index (χ2v) is 7.05. The van der Waals surface area contributed by atoms with E-state index in [0.29, 0.717) is 6.54 Å². The van der Waals surface area contributed by atoms with Gasteiger partial charge in [-0.1, -0.05) is 16.7 Å². The van der Waals surface area contributed by atoms with E-state index in [0.717, 1.165) is 25.1 Å². The van der Waals surface area contributed by atoms with Crippen LogP contribution in [0.1, 0.15) is 28.4 Å². The van der Waals surface area contributed by atoms with E-state index in [1.807, 2.05) is 12.1 Å². The first-order valence-corrected chi connectivity index (χ1v) is 8.90. The van der Waals surface area contributed by atoms with Crippen LogP contribution in [0.25, 0.3) is 21.3 Å². The molecule has 1 aliphatic rings. The van der Waals surface area contributed by atoms with E-state index in [4.69, 9.17) is 5.53 Å². The van der Waals surface area contributed by atoms with E-state index in [1.165, 1.54) is 27.7 Å². The molecule has 6 nitrogen and oxygen atoms in total. The zero-order valence-corrected chi connectivity index (χ0v) is 17.0. The summed E-state index contributed by atoms with van der Waals surface area (Å²) in [6.07, 6.45) is 4.51. The zero-order chi connectivity index (χ0) is 18.1. The van der Waals surface area contributed by atoms with E-state index in [2.05, 4.69) is 56.6 Å². The molecule has 27 heavy (non-hydrogen) atoms. The molecule has 3 heterocycles. The van der Waals surface area contributed by atoms with Crippen LogP contribution in [0.4, 0.5) is 0 Å². The van der Waals surface area contributed by atoms with Gasteiger partial charge in [-0.15, -0.1) is 0 Å². The molecule has 1 aromatic carbocycles. The van der Waals surface area contributed by atoms with Gasteiger partial charge >= 0.3 is 0 Å². The fourth-order valence-electron chi connectivity index (χ4n) is 3.94. The van der Waals surface area contributed by atoms with Crippen molar-refractivity contribution in [2.75, 3.05) is 13.6 Å². The SMILES string of the molecule is Cc1ccc2c(c1)c1c(n2CC(N=[N+]=[N-])c2ccncc2)CCN(C)C1.[V]. The number of azide groups is 1. The van der Waals surface area contributed by atoms with Gasteiger partial charge in [0, 0.05) is 78.5 Å². The fourth-order valence-corrected chi connectivity index (χ4v) is 3.94. The molecule has 3 aromatic rings. The number of rotatable bonds is 4. The molecule has 0 N–H and O–H groups in total. The standard InChI is InChI=1S/C20H22N6.V/c1-14-3-4-19-16(11-14)17-12-25(2)10-7-20(17)26(19)13-18(23-24-21)15-5-8-22-9-6-15;/h3-6,8-9,11,18H,7,10,12-13H2,1-2H3;. The molecular formula is C20H22N6V. The van der Waals surface area contributed by atoms with Gasteiger partial charge in [0.05, 0.1) is 6.04 Å². The average Bonchev–Trinajstić information content (AvgIpc) is 2.94. The first-order chi connectivity index (χ1) is 12.7. The van der Waals surface area contributed by atoms with Crippen LogP contribution in [0, 0.1) is 6.92 Å². The Kier molecular flexibility index (Phi) is 5.93. The van der Waals surface area contributed by atoms with Gasteiger partial charge in [0.15, 0.2) is 0 Å². The molecule has 2 aromatic heterocycles. The second-order valence-electron chi connectivity index (χ2n) is 7.05. The number of benzene rings is 1. The van der Waals surface area contributed by atoms with Crippen molar-refractivity contribution in [2.45, 2.75) is 32.5 Å². The van der Waals surface area contributed by atoms with Crippen molar-refractivity contribution in [1.82, 2.24) is 14.5 Å². The van der Waals surface area contributed by atoms with Gasteiger partial charge in [0.1, 0.15) is 0 Å². The van der Waals surface area contributed by atoms with Gasteiger partial charge in [-0.2, -0.15) is 0 Å². The molecule has 0 saturated carbocycles. The van der Waals surface area contributed by atoms with E-state index in [1.54, 1.807) is 12.4 Å². The molecule has 0 amide bonds. The molecule has 0 saturated heterocycles. The van der Waals surface area contributed by atoms with Crippen LogP contribution >= 0.6 is 0 Å². The minimum atomic E-state index is -0.247. The Bertz CT molecular complexity index is 991. The molecule has 1 radical (unpaired) electrons. The number of hydrogen-bond donors (Lipinski definition) is 0. The third-order valence-corrected chi connectivity index (χ3v) is 5.24. The maximum atomic E-state index is 9.08. The Labute approximate surface area is 170 Å². The molecule has 1 aliphatic heterocycles. The Hall–Kier alpha value is -2.24. The van der Waals surface area contributed by atoms with E-state index >= 15 is 0 Å². The molecule has 7 heteroatoms. The number of fused-ring (bicyclic) bond motifs is 3. The molecule has 4 rings (SSSR count).